The average Bonchev–Trinajstić information content (AvgIpc) is 3.37. The van der Waals surface area contributed by atoms with Gasteiger partial charge < -0.3 is 19.9 Å². The minimum Gasteiger partial charge on any atom is -0.365 e. The van der Waals surface area contributed by atoms with Crippen LogP contribution in [-0.4, -0.2) is 40.7 Å². The molecule has 2 N–H and O–H groups in total. The Morgan fingerprint density at radius 3 is 2.33 bits per heavy atom. The molecule has 6 nitrogen and oxygen atoms in total. The van der Waals surface area contributed by atoms with Gasteiger partial charge in [0.15, 0.2) is 0 Å². The largest absolute Gasteiger partial charge is 0.365 e. The van der Waals surface area contributed by atoms with E-state index < -0.39 is 0 Å². The number of hydrogen-bond donors (Lipinski definition) is 2. The topological polar surface area (TPSA) is 72.4 Å². The third kappa shape index (κ3) is 3.91. The number of carbonyl (C=O) groups excluding carboxylic acids is 2. The molecule has 3 aliphatic rings. The van der Waals surface area contributed by atoms with E-state index in [-0.39, 0.29) is 36.1 Å². The second kappa shape index (κ2) is 7.66. The summed E-state index contributed by atoms with van der Waals surface area (Å²) in [6.07, 6.45) is 8.79. The molecule has 0 bridgehead atoms. The third-order valence-electron chi connectivity index (χ3n) is 6.73. The molecule has 2 unspecified atom stereocenters. The smallest absolute Gasteiger partial charge is 0.268 e. The van der Waals surface area contributed by atoms with Gasteiger partial charge in [-0.05, 0) is 68.9 Å². The Morgan fingerprint density at radius 2 is 1.78 bits per heavy atom. The molecule has 6 atom stereocenters. The molecule has 2 saturated carbocycles. The number of amides is 2. The fourth-order valence-corrected chi connectivity index (χ4v) is 5.30. The molecule has 2 aliphatic carbocycles. The van der Waals surface area contributed by atoms with E-state index in [1.54, 1.807) is 0 Å². The Hall–Kier alpha value is -1.82. The lowest BCUT2D eigenvalue weighted by molar-refractivity contribution is -0.132. The van der Waals surface area contributed by atoms with Gasteiger partial charge in [-0.3, -0.25) is 9.59 Å². The van der Waals surface area contributed by atoms with E-state index in [4.69, 9.17) is 4.74 Å². The van der Waals surface area contributed by atoms with Crippen LogP contribution < -0.4 is 10.6 Å². The van der Waals surface area contributed by atoms with Crippen molar-refractivity contribution in [3.05, 3.63) is 24.0 Å². The van der Waals surface area contributed by atoms with Crippen LogP contribution >= 0.6 is 0 Å². The Kier molecular flexibility index (Phi) is 5.26. The van der Waals surface area contributed by atoms with E-state index in [0.29, 0.717) is 17.5 Å². The molecule has 148 valence electrons. The molecule has 27 heavy (non-hydrogen) atoms. The summed E-state index contributed by atoms with van der Waals surface area (Å²) in [7, 11) is 1.89. The lowest BCUT2D eigenvalue weighted by Gasteiger charge is -2.19. The van der Waals surface area contributed by atoms with Gasteiger partial charge in [-0.15, -0.1) is 0 Å². The van der Waals surface area contributed by atoms with Gasteiger partial charge in [0.05, 0.1) is 6.10 Å². The lowest BCUT2D eigenvalue weighted by Crippen LogP contribution is -2.41. The van der Waals surface area contributed by atoms with Crippen molar-refractivity contribution in [3.8, 4) is 0 Å². The van der Waals surface area contributed by atoms with Gasteiger partial charge in [0.1, 0.15) is 11.8 Å². The number of aryl methyl sites for hydroxylation is 1. The molecule has 6 heteroatoms. The first-order valence-corrected chi connectivity index (χ1v) is 10.4. The second-order valence-corrected chi connectivity index (χ2v) is 8.58. The van der Waals surface area contributed by atoms with E-state index in [2.05, 4.69) is 17.6 Å². The molecule has 0 aromatic carbocycles. The summed E-state index contributed by atoms with van der Waals surface area (Å²) in [6.45, 7) is 2.11. The number of nitrogens with one attached hydrogen (secondary N) is 2. The molecule has 2 amide bonds. The highest BCUT2D eigenvalue weighted by Crippen LogP contribution is 2.44. The maximum absolute atomic E-state index is 12.5. The van der Waals surface area contributed by atoms with Crippen LogP contribution in [-0.2, 0) is 16.6 Å². The van der Waals surface area contributed by atoms with E-state index in [9.17, 15) is 9.59 Å². The van der Waals surface area contributed by atoms with Crippen LogP contribution in [0.2, 0.25) is 0 Å². The van der Waals surface area contributed by atoms with Crippen molar-refractivity contribution in [1.82, 2.24) is 15.2 Å². The van der Waals surface area contributed by atoms with Crippen LogP contribution in [0, 0.1) is 11.8 Å². The maximum Gasteiger partial charge on any atom is 0.268 e. The van der Waals surface area contributed by atoms with Gasteiger partial charge in [-0.2, -0.15) is 0 Å². The zero-order chi connectivity index (χ0) is 19.0. The Bertz CT molecular complexity index is 687. The second-order valence-electron chi connectivity index (χ2n) is 8.58. The van der Waals surface area contributed by atoms with Crippen molar-refractivity contribution in [1.29, 1.82) is 0 Å². The van der Waals surface area contributed by atoms with Gasteiger partial charge in [-0.25, -0.2) is 0 Å². The molecule has 0 radical (unpaired) electrons. The summed E-state index contributed by atoms with van der Waals surface area (Å²) in [5, 5.41) is 6.42. The van der Waals surface area contributed by atoms with Crippen LogP contribution in [0.25, 0.3) is 0 Å². The third-order valence-corrected chi connectivity index (χ3v) is 6.73. The summed E-state index contributed by atoms with van der Waals surface area (Å²) >= 11 is 0. The summed E-state index contributed by atoms with van der Waals surface area (Å²) < 4.78 is 7.67. The normalized spacial score (nSPS) is 35.2. The summed E-state index contributed by atoms with van der Waals surface area (Å²) in [5.74, 6) is 1.29. The predicted molar refractivity (Wildman–Crippen MR) is 102 cm³/mol. The van der Waals surface area contributed by atoms with Gasteiger partial charge in [0.25, 0.3) is 5.91 Å². The van der Waals surface area contributed by atoms with Crippen LogP contribution in [0.4, 0.5) is 0 Å². The van der Waals surface area contributed by atoms with E-state index >= 15 is 0 Å². The standard InChI is InChI=1S/C21H31N3O3/c1-3-17-6-7-19(27-17)21(26)23-16-11-13-9-15(10-14(13)12-16)22-20(25)18-5-4-8-24(18)2/h4-5,8,13-17,19H,3,6-7,9-12H2,1-2H3,(H,22,25)(H,23,26)/t13-,14+,15?,16?,17-,19-/m1/s1. The number of carbonyl (C=O) groups is 2. The molecular weight excluding hydrogens is 342 g/mol. The van der Waals surface area contributed by atoms with Crippen molar-refractivity contribution in [2.45, 2.75) is 76.2 Å². The van der Waals surface area contributed by atoms with Crippen molar-refractivity contribution < 1.29 is 14.3 Å². The highest BCUT2D eigenvalue weighted by molar-refractivity contribution is 5.92. The predicted octanol–water partition coefficient (Wildman–Crippen LogP) is 2.39. The average molecular weight is 373 g/mol. The molecule has 1 aromatic rings. The highest BCUT2D eigenvalue weighted by Gasteiger charge is 2.43. The number of ether oxygens (including phenoxy) is 1. The zero-order valence-corrected chi connectivity index (χ0v) is 16.3. The van der Waals surface area contributed by atoms with Gasteiger partial charge >= 0.3 is 0 Å². The highest BCUT2D eigenvalue weighted by atomic mass is 16.5. The summed E-state index contributed by atoms with van der Waals surface area (Å²) in [6, 6.07) is 4.26. The Labute approximate surface area is 161 Å². The van der Waals surface area contributed by atoms with Crippen molar-refractivity contribution in [2.24, 2.45) is 18.9 Å². The minimum absolute atomic E-state index is 0.0150. The first kappa shape index (κ1) is 18.5. The van der Waals surface area contributed by atoms with Gasteiger partial charge in [-0.1, -0.05) is 6.92 Å². The Balaban J connectivity index is 1.23. The molecule has 0 spiro atoms. The van der Waals surface area contributed by atoms with E-state index in [1.807, 2.05) is 29.9 Å². The molecule has 1 saturated heterocycles. The number of aromatic nitrogens is 1. The van der Waals surface area contributed by atoms with Crippen molar-refractivity contribution >= 4 is 11.8 Å². The monoisotopic (exact) mass is 373 g/mol. The van der Waals surface area contributed by atoms with Crippen LogP contribution in [0.3, 0.4) is 0 Å². The van der Waals surface area contributed by atoms with E-state index in [0.717, 1.165) is 44.9 Å². The first-order valence-electron chi connectivity index (χ1n) is 10.4. The summed E-state index contributed by atoms with van der Waals surface area (Å²) in [5.41, 5.74) is 0.708. The fraction of sp³-hybridized carbons (Fsp3) is 0.714. The van der Waals surface area contributed by atoms with Crippen LogP contribution in [0.5, 0.6) is 0 Å². The molecule has 3 fully saturated rings. The molecule has 1 aromatic heterocycles. The number of fused-ring (bicyclic) bond motifs is 1. The molecular formula is C21H31N3O3. The van der Waals surface area contributed by atoms with Gasteiger partial charge in [0.2, 0.25) is 5.91 Å². The SMILES string of the molecule is CC[C@@H]1CC[C@H](C(=O)NC2C[C@H]3CC(NC(=O)c4cccn4C)C[C@H]3C2)O1. The van der Waals surface area contributed by atoms with Crippen LogP contribution in [0.1, 0.15) is 62.4 Å². The minimum atomic E-state index is -0.257. The zero-order valence-electron chi connectivity index (χ0n) is 16.3. The van der Waals surface area contributed by atoms with Crippen molar-refractivity contribution in [2.75, 3.05) is 0 Å². The first-order chi connectivity index (χ1) is 13.0. The fourth-order valence-electron chi connectivity index (χ4n) is 5.30. The number of nitrogens with zero attached hydrogens (tertiary/aromatic N) is 1. The molecule has 1 aliphatic heterocycles. The van der Waals surface area contributed by atoms with Crippen molar-refractivity contribution in [3.63, 3.8) is 0 Å². The Morgan fingerprint density at radius 1 is 1.11 bits per heavy atom. The van der Waals surface area contributed by atoms with E-state index in [1.165, 1.54) is 0 Å². The van der Waals surface area contributed by atoms with Gasteiger partial charge in [0, 0.05) is 25.3 Å². The quantitative estimate of drug-likeness (QED) is 0.832. The maximum atomic E-state index is 12.5. The molecule has 4 rings (SSSR count). The summed E-state index contributed by atoms with van der Waals surface area (Å²) in [4.78, 5) is 24.9. The molecule has 2 heterocycles. The lowest BCUT2D eigenvalue weighted by atomic mass is 10.0. The van der Waals surface area contributed by atoms with Crippen LogP contribution in [0.15, 0.2) is 18.3 Å². The number of rotatable bonds is 5. The number of hydrogen-bond acceptors (Lipinski definition) is 3.